The lowest BCUT2D eigenvalue weighted by Crippen LogP contribution is -2.53. The van der Waals surface area contributed by atoms with Crippen LogP contribution in [0.3, 0.4) is 0 Å². The minimum absolute atomic E-state index is 0.0573. The van der Waals surface area contributed by atoms with Crippen molar-refractivity contribution < 1.29 is 4.74 Å². The summed E-state index contributed by atoms with van der Waals surface area (Å²) in [5, 5.41) is 0. The van der Waals surface area contributed by atoms with E-state index in [1.807, 2.05) is 0 Å². The largest absolute Gasteiger partial charge is 0.377 e. The smallest absolute Gasteiger partial charge is 0.0673 e. The van der Waals surface area contributed by atoms with Crippen molar-refractivity contribution in [1.82, 2.24) is 4.90 Å². The minimum Gasteiger partial charge on any atom is -0.377 e. The predicted molar refractivity (Wildman–Crippen MR) is 71.0 cm³/mol. The number of hydrogen-bond acceptors (Lipinski definition) is 3. The van der Waals surface area contributed by atoms with E-state index in [-0.39, 0.29) is 5.54 Å². The van der Waals surface area contributed by atoms with Gasteiger partial charge in [0.2, 0.25) is 0 Å². The van der Waals surface area contributed by atoms with E-state index in [1.165, 1.54) is 25.7 Å². The number of nitrogens with two attached hydrogens (primary N) is 1. The predicted octanol–water partition coefficient (Wildman–Crippen LogP) is 2.00. The Kier molecular flexibility index (Phi) is 4.45. The van der Waals surface area contributed by atoms with Crippen LogP contribution in [0.15, 0.2) is 0 Å². The quantitative estimate of drug-likeness (QED) is 0.802. The number of hydrogen-bond donors (Lipinski definition) is 1. The molecule has 100 valence electrons. The SMILES string of the molecule is CC1CCCC(N)(CN2CCCOC(C)C2)C1. The zero-order chi connectivity index (χ0) is 12.3. The zero-order valence-electron chi connectivity index (χ0n) is 11.5. The molecule has 0 aromatic rings. The Labute approximate surface area is 106 Å². The van der Waals surface area contributed by atoms with Crippen LogP contribution in [0, 0.1) is 5.92 Å². The molecule has 0 amide bonds. The van der Waals surface area contributed by atoms with Crippen LogP contribution in [0.25, 0.3) is 0 Å². The molecule has 1 aliphatic carbocycles. The van der Waals surface area contributed by atoms with Crippen LogP contribution in [-0.2, 0) is 4.74 Å². The van der Waals surface area contributed by atoms with Crippen molar-refractivity contribution in [2.75, 3.05) is 26.2 Å². The molecular formula is C14H28N2O. The van der Waals surface area contributed by atoms with Gasteiger partial charge >= 0.3 is 0 Å². The van der Waals surface area contributed by atoms with Crippen molar-refractivity contribution in [1.29, 1.82) is 0 Å². The molecule has 0 bridgehead atoms. The Morgan fingerprint density at radius 2 is 2.18 bits per heavy atom. The summed E-state index contributed by atoms with van der Waals surface area (Å²) in [5.41, 5.74) is 6.65. The fourth-order valence-electron chi connectivity index (χ4n) is 3.51. The molecular weight excluding hydrogens is 212 g/mol. The second kappa shape index (κ2) is 5.68. The molecule has 3 unspecified atom stereocenters. The molecule has 2 rings (SSSR count). The van der Waals surface area contributed by atoms with Crippen molar-refractivity contribution in [3.8, 4) is 0 Å². The van der Waals surface area contributed by atoms with Gasteiger partial charge in [0.15, 0.2) is 0 Å². The molecule has 1 saturated heterocycles. The van der Waals surface area contributed by atoms with Gasteiger partial charge in [0.25, 0.3) is 0 Å². The molecule has 2 fully saturated rings. The van der Waals surface area contributed by atoms with Gasteiger partial charge in [-0.25, -0.2) is 0 Å². The number of ether oxygens (including phenoxy) is 1. The molecule has 0 spiro atoms. The normalized spacial score (nSPS) is 41.1. The second-order valence-corrected chi connectivity index (χ2v) is 6.33. The van der Waals surface area contributed by atoms with E-state index < -0.39 is 0 Å². The third kappa shape index (κ3) is 3.94. The summed E-state index contributed by atoms with van der Waals surface area (Å²) in [5.74, 6) is 0.800. The molecule has 3 nitrogen and oxygen atoms in total. The topological polar surface area (TPSA) is 38.5 Å². The maximum absolute atomic E-state index is 6.59. The Morgan fingerprint density at radius 3 is 2.94 bits per heavy atom. The summed E-state index contributed by atoms with van der Waals surface area (Å²) >= 11 is 0. The third-order valence-electron chi connectivity index (χ3n) is 4.20. The third-order valence-corrected chi connectivity index (χ3v) is 4.20. The highest BCUT2D eigenvalue weighted by molar-refractivity contribution is 4.92. The van der Waals surface area contributed by atoms with Crippen LogP contribution < -0.4 is 5.73 Å². The van der Waals surface area contributed by atoms with Crippen LogP contribution in [0.2, 0.25) is 0 Å². The van der Waals surface area contributed by atoms with E-state index >= 15 is 0 Å². The zero-order valence-corrected chi connectivity index (χ0v) is 11.5. The van der Waals surface area contributed by atoms with E-state index in [2.05, 4.69) is 18.7 Å². The van der Waals surface area contributed by atoms with E-state index in [9.17, 15) is 0 Å². The fraction of sp³-hybridized carbons (Fsp3) is 1.00. The maximum Gasteiger partial charge on any atom is 0.0673 e. The minimum atomic E-state index is 0.0573. The summed E-state index contributed by atoms with van der Waals surface area (Å²) in [7, 11) is 0. The van der Waals surface area contributed by atoms with Crippen molar-refractivity contribution in [2.24, 2.45) is 11.7 Å². The van der Waals surface area contributed by atoms with Gasteiger partial charge < -0.3 is 10.5 Å². The fourth-order valence-corrected chi connectivity index (χ4v) is 3.51. The summed E-state index contributed by atoms with van der Waals surface area (Å²) in [4.78, 5) is 2.52. The van der Waals surface area contributed by atoms with E-state index in [0.717, 1.165) is 38.6 Å². The Bertz CT molecular complexity index is 246. The summed E-state index contributed by atoms with van der Waals surface area (Å²) in [6, 6.07) is 0. The summed E-state index contributed by atoms with van der Waals surface area (Å²) in [6.07, 6.45) is 6.57. The van der Waals surface area contributed by atoms with Crippen LogP contribution in [0.5, 0.6) is 0 Å². The highest BCUT2D eigenvalue weighted by Gasteiger charge is 2.33. The standard InChI is InChI=1S/C14H28N2O/c1-12-5-3-6-14(15,9-12)11-16-7-4-8-17-13(2)10-16/h12-13H,3-11,15H2,1-2H3. The number of rotatable bonds is 2. The summed E-state index contributed by atoms with van der Waals surface area (Å²) in [6.45, 7) is 8.68. The lowest BCUT2D eigenvalue weighted by Gasteiger charge is -2.40. The highest BCUT2D eigenvalue weighted by Crippen LogP contribution is 2.31. The molecule has 17 heavy (non-hydrogen) atoms. The average Bonchev–Trinajstić information content (AvgIpc) is 2.41. The molecule has 0 aromatic carbocycles. The molecule has 2 N–H and O–H groups in total. The molecule has 0 radical (unpaired) electrons. The maximum atomic E-state index is 6.59. The lowest BCUT2D eigenvalue weighted by atomic mass is 9.77. The van der Waals surface area contributed by atoms with E-state index in [0.29, 0.717) is 6.10 Å². The van der Waals surface area contributed by atoms with Crippen molar-refractivity contribution in [3.63, 3.8) is 0 Å². The highest BCUT2D eigenvalue weighted by atomic mass is 16.5. The first-order chi connectivity index (χ1) is 8.07. The van der Waals surface area contributed by atoms with Crippen molar-refractivity contribution in [2.45, 2.75) is 57.6 Å². The monoisotopic (exact) mass is 240 g/mol. The van der Waals surface area contributed by atoms with Gasteiger partial charge in [-0.05, 0) is 32.1 Å². The molecule has 2 aliphatic rings. The lowest BCUT2D eigenvalue weighted by molar-refractivity contribution is 0.0611. The van der Waals surface area contributed by atoms with Crippen LogP contribution in [0.4, 0.5) is 0 Å². The first kappa shape index (κ1) is 13.3. The Morgan fingerprint density at radius 1 is 1.35 bits per heavy atom. The van der Waals surface area contributed by atoms with Crippen LogP contribution in [-0.4, -0.2) is 42.8 Å². The Hall–Kier alpha value is -0.120. The van der Waals surface area contributed by atoms with Crippen molar-refractivity contribution in [3.05, 3.63) is 0 Å². The Balaban J connectivity index is 1.89. The van der Waals surface area contributed by atoms with Crippen molar-refractivity contribution >= 4 is 0 Å². The van der Waals surface area contributed by atoms with Gasteiger partial charge in [-0.15, -0.1) is 0 Å². The first-order valence-corrected chi connectivity index (χ1v) is 7.20. The first-order valence-electron chi connectivity index (χ1n) is 7.20. The molecule has 3 heteroatoms. The van der Waals surface area contributed by atoms with Gasteiger partial charge in [0.05, 0.1) is 6.10 Å². The van der Waals surface area contributed by atoms with Crippen LogP contribution in [0.1, 0.15) is 46.0 Å². The van der Waals surface area contributed by atoms with Gasteiger partial charge in [0, 0.05) is 31.8 Å². The van der Waals surface area contributed by atoms with Crippen LogP contribution >= 0.6 is 0 Å². The molecule has 0 aromatic heterocycles. The van der Waals surface area contributed by atoms with Gasteiger partial charge in [0.1, 0.15) is 0 Å². The number of nitrogens with zero attached hydrogens (tertiary/aromatic N) is 1. The molecule has 1 aliphatic heterocycles. The molecule has 1 saturated carbocycles. The molecule has 3 atom stereocenters. The van der Waals surface area contributed by atoms with E-state index in [4.69, 9.17) is 10.5 Å². The second-order valence-electron chi connectivity index (χ2n) is 6.33. The van der Waals surface area contributed by atoms with Gasteiger partial charge in [-0.3, -0.25) is 4.90 Å². The van der Waals surface area contributed by atoms with Gasteiger partial charge in [-0.2, -0.15) is 0 Å². The average molecular weight is 240 g/mol. The van der Waals surface area contributed by atoms with E-state index in [1.54, 1.807) is 0 Å². The summed E-state index contributed by atoms with van der Waals surface area (Å²) < 4.78 is 5.69. The van der Waals surface area contributed by atoms with Gasteiger partial charge in [-0.1, -0.05) is 19.8 Å². The molecule has 1 heterocycles.